The van der Waals surface area contributed by atoms with Gasteiger partial charge >= 0.3 is 0 Å². The zero-order chi connectivity index (χ0) is 20.3. The number of methoxy groups -OCH3 is 2. The van der Waals surface area contributed by atoms with Gasteiger partial charge in [-0.1, -0.05) is 24.3 Å². The lowest BCUT2D eigenvalue weighted by Crippen LogP contribution is -2.08. The molecule has 0 aliphatic heterocycles. The van der Waals surface area contributed by atoms with E-state index in [-0.39, 0.29) is 11.1 Å². The predicted molar refractivity (Wildman–Crippen MR) is 114 cm³/mol. The summed E-state index contributed by atoms with van der Waals surface area (Å²) in [5, 5.41) is 13.8. The second-order valence-corrected chi connectivity index (χ2v) is 7.02. The number of hydrogen-bond acceptors (Lipinski definition) is 5. The van der Waals surface area contributed by atoms with Gasteiger partial charge in [0.25, 0.3) is 5.56 Å². The molecule has 5 rings (SSSR count). The van der Waals surface area contributed by atoms with E-state index in [1.54, 1.807) is 20.3 Å². The van der Waals surface area contributed by atoms with Crippen LogP contribution in [0.3, 0.4) is 0 Å². The molecule has 2 aromatic heterocycles. The van der Waals surface area contributed by atoms with Crippen LogP contribution in [0.15, 0.2) is 47.3 Å². The fourth-order valence-corrected chi connectivity index (χ4v) is 4.11. The van der Waals surface area contributed by atoms with Gasteiger partial charge in [-0.15, -0.1) is 0 Å². The van der Waals surface area contributed by atoms with Crippen molar-refractivity contribution in [3.63, 3.8) is 0 Å². The maximum absolute atomic E-state index is 12.9. The van der Waals surface area contributed by atoms with E-state index in [0.717, 1.165) is 21.9 Å². The summed E-state index contributed by atoms with van der Waals surface area (Å²) in [5.74, 6) is 0.763. The van der Waals surface area contributed by atoms with E-state index in [9.17, 15) is 9.90 Å². The van der Waals surface area contributed by atoms with Gasteiger partial charge in [-0.25, -0.2) is 4.98 Å². The first-order valence-corrected chi connectivity index (χ1v) is 9.17. The summed E-state index contributed by atoms with van der Waals surface area (Å²) < 4.78 is 11.5. The Kier molecular flexibility index (Phi) is 3.64. The van der Waals surface area contributed by atoms with Crippen LogP contribution < -0.4 is 15.0 Å². The summed E-state index contributed by atoms with van der Waals surface area (Å²) in [4.78, 5) is 20.4. The summed E-state index contributed by atoms with van der Waals surface area (Å²) in [7, 11) is 3.09. The van der Waals surface area contributed by atoms with Crippen LogP contribution in [0, 0.1) is 6.92 Å². The summed E-state index contributed by atoms with van der Waals surface area (Å²) in [6, 6.07) is 13.2. The SMILES string of the molecule is COc1c2ccc(C)cc2[nH]c2c(OC)c3c(c(O)c12)c(=O)nc1ccccc13. The number of benzene rings is 3. The molecule has 0 saturated heterocycles. The third-order valence-electron chi connectivity index (χ3n) is 5.35. The van der Waals surface area contributed by atoms with Gasteiger partial charge in [0, 0.05) is 21.7 Å². The zero-order valence-electron chi connectivity index (χ0n) is 16.2. The highest BCUT2D eigenvalue weighted by Gasteiger charge is 2.24. The highest BCUT2D eigenvalue weighted by atomic mass is 16.5. The van der Waals surface area contributed by atoms with Gasteiger partial charge in [0.2, 0.25) is 0 Å². The molecular formula is C23H18N2O4. The summed E-state index contributed by atoms with van der Waals surface area (Å²) in [6.45, 7) is 2.00. The van der Waals surface area contributed by atoms with E-state index in [0.29, 0.717) is 33.3 Å². The average Bonchev–Trinajstić information content (AvgIpc) is 2.72. The number of fused-ring (bicyclic) bond motifs is 5. The molecule has 2 N–H and O–H groups in total. The fourth-order valence-electron chi connectivity index (χ4n) is 4.11. The molecule has 0 aliphatic rings. The number of aromatic hydroxyl groups is 1. The number of aromatic amines is 1. The van der Waals surface area contributed by atoms with Crippen molar-refractivity contribution in [3.8, 4) is 17.2 Å². The molecule has 0 spiro atoms. The second-order valence-electron chi connectivity index (χ2n) is 7.02. The van der Waals surface area contributed by atoms with Gasteiger partial charge in [-0.2, -0.15) is 0 Å². The van der Waals surface area contributed by atoms with Crippen LogP contribution in [0.2, 0.25) is 0 Å². The molecule has 0 amide bonds. The zero-order valence-corrected chi connectivity index (χ0v) is 16.2. The van der Waals surface area contributed by atoms with E-state index in [2.05, 4.69) is 9.97 Å². The topological polar surface area (TPSA) is 84.4 Å². The highest BCUT2D eigenvalue weighted by Crippen LogP contribution is 2.47. The molecule has 6 nitrogen and oxygen atoms in total. The molecule has 0 atom stereocenters. The van der Waals surface area contributed by atoms with Gasteiger partial charge in [0.05, 0.1) is 36.0 Å². The minimum atomic E-state index is -0.512. The molecule has 0 aliphatic carbocycles. The molecule has 0 unspecified atom stereocenters. The van der Waals surface area contributed by atoms with E-state index in [4.69, 9.17) is 9.47 Å². The Morgan fingerprint density at radius 2 is 1.69 bits per heavy atom. The number of aryl methyl sites for hydroxylation is 1. The van der Waals surface area contributed by atoms with Crippen molar-refractivity contribution in [2.75, 3.05) is 14.2 Å². The number of nitrogens with one attached hydrogen (secondary N) is 1. The summed E-state index contributed by atoms with van der Waals surface area (Å²) >= 11 is 0. The number of rotatable bonds is 2. The van der Waals surface area contributed by atoms with Gasteiger partial charge < -0.3 is 19.6 Å². The van der Waals surface area contributed by atoms with Crippen molar-refractivity contribution in [2.24, 2.45) is 0 Å². The van der Waals surface area contributed by atoms with Gasteiger partial charge in [-0.05, 0) is 30.7 Å². The Hall–Kier alpha value is -3.80. The van der Waals surface area contributed by atoms with Crippen molar-refractivity contribution >= 4 is 43.5 Å². The highest BCUT2D eigenvalue weighted by molar-refractivity contribution is 6.21. The van der Waals surface area contributed by atoms with E-state index >= 15 is 0 Å². The Bertz CT molecular complexity index is 1520. The largest absolute Gasteiger partial charge is 0.506 e. The first-order chi connectivity index (χ1) is 14.0. The van der Waals surface area contributed by atoms with Crippen LogP contribution in [0.4, 0.5) is 0 Å². The van der Waals surface area contributed by atoms with Gasteiger partial charge in [0.1, 0.15) is 11.5 Å². The number of phenolic OH excluding ortho intramolecular Hbond substituents is 1. The minimum absolute atomic E-state index is 0.117. The molecule has 6 heteroatoms. The number of hydrogen-bond donors (Lipinski definition) is 2. The molecule has 29 heavy (non-hydrogen) atoms. The number of pyridine rings is 2. The van der Waals surface area contributed by atoms with E-state index < -0.39 is 5.56 Å². The van der Waals surface area contributed by atoms with E-state index in [1.165, 1.54) is 0 Å². The molecule has 5 aromatic rings. The first-order valence-electron chi connectivity index (χ1n) is 9.17. The Balaban J connectivity index is 2.17. The first kappa shape index (κ1) is 17.3. The Morgan fingerprint density at radius 3 is 2.45 bits per heavy atom. The third kappa shape index (κ3) is 2.29. The van der Waals surface area contributed by atoms with Crippen molar-refractivity contribution in [1.29, 1.82) is 0 Å². The van der Waals surface area contributed by atoms with Crippen molar-refractivity contribution in [2.45, 2.75) is 6.92 Å². The number of H-pyrrole nitrogens is 1. The van der Waals surface area contributed by atoms with Crippen LogP contribution in [0.5, 0.6) is 17.2 Å². The lowest BCUT2D eigenvalue weighted by molar-refractivity contribution is 0.416. The van der Waals surface area contributed by atoms with Crippen LogP contribution in [-0.4, -0.2) is 29.3 Å². The van der Waals surface area contributed by atoms with E-state index in [1.807, 2.05) is 43.3 Å². The molecule has 0 bridgehead atoms. The maximum Gasteiger partial charge on any atom is 0.282 e. The molecular weight excluding hydrogens is 368 g/mol. The average molecular weight is 386 g/mol. The summed E-state index contributed by atoms with van der Waals surface area (Å²) in [5.41, 5.74) is 2.51. The quantitative estimate of drug-likeness (QED) is 0.347. The summed E-state index contributed by atoms with van der Waals surface area (Å²) in [6.07, 6.45) is 0. The molecule has 144 valence electrons. The predicted octanol–water partition coefficient (Wildman–Crippen LogP) is 4.41. The van der Waals surface area contributed by atoms with Crippen molar-refractivity contribution < 1.29 is 14.6 Å². The molecule has 0 fully saturated rings. The monoisotopic (exact) mass is 386 g/mol. The molecule has 0 radical (unpaired) electrons. The lowest BCUT2D eigenvalue weighted by atomic mass is 9.99. The van der Waals surface area contributed by atoms with Crippen molar-refractivity contribution in [1.82, 2.24) is 9.97 Å². The van der Waals surface area contributed by atoms with Crippen LogP contribution in [0.25, 0.3) is 43.5 Å². The van der Waals surface area contributed by atoms with Crippen molar-refractivity contribution in [3.05, 3.63) is 58.4 Å². The fraction of sp³-hybridized carbons (Fsp3) is 0.130. The Labute approximate surface area is 165 Å². The Morgan fingerprint density at radius 1 is 0.931 bits per heavy atom. The molecule has 2 heterocycles. The van der Waals surface area contributed by atoms with Gasteiger partial charge in [-0.3, -0.25) is 4.79 Å². The molecule has 3 aromatic carbocycles. The maximum atomic E-state index is 12.9. The number of aromatic nitrogens is 2. The normalized spacial score (nSPS) is 11.6. The third-order valence-corrected chi connectivity index (χ3v) is 5.35. The number of ether oxygens (including phenoxy) is 2. The van der Waals surface area contributed by atoms with Crippen LogP contribution in [-0.2, 0) is 0 Å². The minimum Gasteiger partial charge on any atom is -0.506 e. The number of phenols is 1. The van der Waals surface area contributed by atoms with Crippen LogP contribution >= 0.6 is 0 Å². The number of nitrogens with zero attached hydrogens (tertiary/aromatic N) is 1. The molecule has 0 saturated carbocycles. The lowest BCUT2D eigenvalue weighted by Gasteiger charge is -2.17. The van der Waals surface area contributed by atoms with Crippen LogP contribution in [0.1, 0.15) is 5.56 Å². The smallest absolute Gasteiger partial charge is 0.282 e. The standard InChI is InChI=1S/C23H18N2O4/c1-11-8-9-13-15(10-11)24-19-18(21(13)28-2)20(26)17-16(22(19)29-3)12-6-4-5-7-14(12)25-23(17)27/h4-10,24,26H,1-3H3. The number of para-hydroxylation sites is 1. The van der Waals surface area contributed by atoms with Gasteiger partial charge in [0.15, 0.2) is 5.75 Å². The second kappa shape index (κ2) is 6.10.